The predicted molar refractivity (Wildman–Crippen MR) is 69.3 cm³/mol. The molecule has 0 aliphatic heterocycles. The summed E-state index contributed by atoms with van der Waals surface area (Å²) >= 11 is 0. The maximum atomic E-state index is 10.7. The molecule has 0 radical (unpaired) electrons. The van der Waals surface area contributed by atoms with Crippen LogP contribution < -0.4 is 5.73 Å². The van der Waals surface area contributed by atoms with Gasteiger partial charge >= 0.3 is 0 Å². The zero-order valence-corrected chi connectivity index (χ0v) is 11.3. The summed E-state index contributed by atoms with van der Waals surface area (Å²) in [4.78, 5) is 0. The van der Waals surface area contributed by atoms with E-state index >= 15 is 0 Å². The topological polar surface area (TPSA) is 46.2 Å². The maximum absolute atomic E-state index is 10.7. The van der Waals surface area contributed by atoms with E-state index in [4.69, 9.17) is 5.73 Å². The highest BCUT2D eigenvalue weighted by molar-refractivity contribution is 5.01. The van der Waals surface area contributed by atoms with Gasteiger partial charge in [-0.05, 0) is 32.1 Å². The van der Waals surface area contributed by atoms with Crippen LogP contribution in [0, 0.1) is 11.3 Å². The summed E-state index contributed by atoms with van der Waals surface area (Å²) in [6.45, 7) is 7.12. The van der Waals surface area contributed by atoms with Gasteiger partial charge in [0, 0.05) is 12.0 Å². The van der Waals surface area contributed by atoms with Crippen molar-refractivity contribution in [2.75, 3.05) is 6.54 Å². The van der Waals surface area contributed by atoms with Crippen LogP contribution >= 0.6 is 0 Å². The van der Waals surface area contributed by atoms with Crippen molar-refractivity contribution in [1.29, 1.82) is 0 Å². The molecule has 1 fully saturated rings. The van der Waals surface area contributed by atoms with Gasteiger partial charge in [-0.2, -0.15) is 0 Å². The quantitative estimate of drug-likeness (QED) is 0.685. The molecule has 0 saturated heterocycles. The lowest BCUT2D eigenvalue weighted by Crippen LogP contribution is -2.49. The van der Waals surface area contributed by atoms with Crippen molar-refractivity contribution >= 4 is 0 Å². The monoisotopic (exact) mass is 227 g/mol. The Morgan fingerprint density at radius 2 is 2.12 bits per heavy atom. The molecule has 3 N–H and O–H groups in total. The first-order valence-corrected chi connectivity index (χ1v) is 6.90. The van der Waals surface area contributed by atoms with Gasteiger partial charge in [0.05, 0.1) is 5.60 Å². The Morgan fingerprint density at radius 3 is 2.56 bits per heavy atom. The Bertz CT molecular complexity index is 215. The molecule has 0 aromatic heterocycles. The molecule has 0 spiro atoms. The van der Waals surface area contributed by atoms with E-state index in [1.54, 1.807) is 0 Å². The van der Waals surface area contributed by atoms with Crippen LogP contribution in [0.5, 0.6) is 0 Å². The van der Waals surface area contributed by atoms with Crippen molar-refractivity contribution in [1.82, 2.24) is 0 Å². The second-order valence-corrected chi connectivity index (χ2v) is 6.06. The molecule has 1 rings (SSSR count). The predicted octanol–water partition coefficient (Wildman–Crippen LogP) is 3.08. The van der Waals surface area contributed by atoms with E-state index in [2.05, 4.69) is 13.8 Å². The Morgan fingerprint density at radius 1 is 1.44 bits per heavy atom. The first-order valence-electron chi connectivity index (χ1n) is 6.90. The molecule has 1 aliphatic carbocycles. The standard InChI is InChI=1S/C14H29NO/c1-4-5-6-8-13(3,16)14(11-15)9-7-12(2)10-14/h12,16H,4-11,15H2,1-3H3. The molecular weight excluding hydrogens is 198 g/mol. The Labute approximate surface area is 101 Å². The maximum Gasteiger partial charge on any atom is 0.0687 e. The molecule has 3 atom stereocenters. The number of unbranched alkanes of at least 4 members (excludes halogenated alkanes) is 2. The second-order valence-electron chi connectivity index (χ2n) is 6.06. The molecule has 1 saturated carbocycles. The van der Waals surface area contributed by atoms with Crippen molar-refractivity contribution in [2.24, 2.45) is 17.1 Å². The van der Waals surface area contributed by atoms with Crippen molar-refractivity contribution in [3.05, 3.63) is 0 Å². The van der Waals surface area contributed by atoms with Crippen LogP contribution in [-0.4, -0.2) is 17.3 Å². The minimum atomic E-state index is -0.568. The molecule has 3 unspecified atom stereocenters. The summed E-state index contributed by atoms with van der Waals surface area (Å²) in [6, 6.07) is 0. The first-order chi connectivity index (χ1) is 7.47. The zero-order valence-electron chi connectivity index (χ0n) is 11.3. The Hall–Kier alpha value is -0.0800. The number of hydrogen-bond acceptors (Lipinski definition) is 2. The lowest BCUT2D eigenvalue weighted by atomic mass is 9.68. The lowest BCUT2D eigenvalue weighted by molar-refractivity contribution is -0.0724. The molecule has 1 aliphatic rings. The highest BCUT2D eigenvalue weighted by Gasteiger charge is 2.49. The third-order valence-corrected chi connectivity index (χ3v) is 4.66. The number of aliphatic hydroxyl groups is 1. The van der Waals surface area contributed by atoms with E-state index in [0.717, 1.165) is 31.6 Å². The zero-order chi connectivity index (χ0) is 12.2. The van der Waals surface area contributed by atoms with Gasteiger partial charge in [0.15, 0.2) is 0 Å². The second kappa shape index (κ2) is 5.50. The highest BCUT2D eigenvalue weighted by atomic mass is 16.3. The van der Waals surface area contributed by atoms with Crippen LogP contribution in [0.15, 0.2) is 0 Å². The third-order valence-electron chi connectivity index (χ3n) is 4.66. The van der Waals surface area contributed by atoms with E-state index in [1.807, 2.05) is 6.92 Å². The van der Waals surface area contributed by atoms with Gasteiger partial charge in [0.1, 0.15) is 0 Å². The molecule has 0 aromatic rings. The van der Waals surface area contributed by atoms with Gasteiger partial charge in [-0.25, -0.2) is 0 Å². The molecule has 0 aromatic carbocycles. The smallest absolute Gasteiger partial charge is 0.0687 e. The van der Waals surface area contributed by atoms with Gasteiger partial charge in [0.2, 0.25) is 0 Å². The summed E-state index contributed by atoms with van der Waals surface area (Å²) < 4.78 is 0. The molecule has 0 bridgehead atoms. The largest absolute Gasteiger partial charge is 0.390 e. The van der Waals surface area contributed by atoms with E-state index in [-0.39, 0.29) is 5.41 Å². The summed E-state index contributed by atoms with van der Waals surface area (Å²) in [6.07, 6.45) is 7.88. The van der Waals surface area contributed by atoms with Gasteiger partial charge in [-0.1, -0.05) is 39.5 Å². The molecule has 96 valence electrons. The van der Waals surface area contributed by atoms with Gasteiger partial charge in [-0.15, -0.1) is 0 Å². The molecule has 16 heavy (non-hydrogen) atoms. The average Bonchev–Trinajstić information content (AvgIpc) is 2.62. The fraction of sp³-hybridized carbons (Fsp3) is 1.00. The summed E-state index contributed by atoms with van der Waals surface area (Å²) in [5.74, 6) is 0.723. The number of rotatable bonds is 6. The number of nitrogens with two attached hydrogens (primary N) is 1. The van der Waals surface area contributed by atoms with Crippen LogP contribution in [0.4, 0.5) is 0 Å². The van der Waals surface area contributed by atoms with Crippen LogP contribution in [0.1, 0.15) is 65.7 Å². The number of hydrogen-bond donors (Lipinski definition) is 2. The van der Waals surface area contributed by atoms with E-state index < -0.39 is 5.60 Å². The fourth-order valence-corrected chi connectivity index (χ4v) is 3.27. The third kappa shape index (κ3) is 2.78. The normalized spacial score (nSPS) is 33.9. The summed E-state index contributed by atoms with van der Waals surface area (Å²) in [7, 11) is 0. The van der Waals surface area contributed by atoms with Crippen LogP contribution in [-0.2, 0) is 0 Å². The Kier molecular flexibility index (Phi) is 4.81. The minimum Gasteiger partial charge on any atom is -0.390 e. The lowest BCUT2D eigenvalue weighted by Gasteiger charge is -2.42. The van der Waals surface area contributed by atoms with E-state index in [1.165, 1.54) is 19.3 Å². The van der Waals surface area contributed by atoms with Gasteiger partial charge in [0.25, 0.3) is 0 Å². The minimum absolute atomic E-state index is 0.0137. The molecule has 2 nitrogen and oxygen atoms in total. The molecule has 2 heteroatoms. The summed E-state index contributed by atoms with van der Waals surface area (Å²) in [5.41, 5.74) is 5.38. The van der Waals surface area contributed by atoms with Crippen molar-refractivity contribution in [3.8, 4) is 0 Å². The van der Waals surface area contributed by atoms with Gasteiger partial charge in [-0.3, -0.25) is 0 Å². The molecular formula is C14H29NO. The van der Waals surface area contributed by atoms with Crippen molar-refractivity contribution in [3.63, 3.8) is 0 Å². The Balaban J connectivity index is 2.63. The van der Waals surface area contributed by atoms with E-state index in [0.29, 0.717) is 6.54 Å². The average molecular weight is 227 g/mol. The van der Waals surface area contributed by atoms with Crippen molar-refractivity contribution in [2.45, 2.75) is 71.3 Å². The van der Waals surface area contributed by atoms with E-state index in [9.17, 15) is 5.11 Å². The van der Waals surface area contributed by atoms with Crippen molar-refractivity contribution < 1.29 is 5.11 Å². The SMILES string of the molecule is CCCCCC(C)(O)C1(CN)CCC(C)C1. The summed E-state index contributed by atoms with van der Waals surface area (Å²) in [5, 5.41) is 10.7. The molecule has 0 amide bonds. The van der Waals surface area contributed by atoms with Gasteiger partial charge < -0.3 is 10.8 Å². The fourth-order valence-electron chi connectivity index (χ4n) is 3.27. The molecule has 0 heterocycles. The highest BCUT2D eigenvalue weighted by Crippen LogP contribution is 2.49. The van der Waals surface area contributed by atoms with Crippen LogP contribution in [0.2, 0.25) is 0 Å². The first kappa shape index (κ1) is 14.0. The van der Waals surface area contributed by atoms with Crippen LogP contribution in [0.3, 0.4) is 0 Å². The van der Waals surface area contributed by atoms with Crippen LogP contribution in [0.25, 0.3) is 0 Å².